The molecule has 0 bridgehead atoms. The van der Waals surface area contributed by atoms with Gasteiger partial charge >= 0.3 is 0 Å². The largest absolute Gasteiger partial charge is 0.337 e. The molecule has 1 aliphatic carbocycles. The average molecular weight is 392 g/mol. The van der Waals surface area contributed by atoms with Crippen LogP contribution in [0, 0.1) is 0 Å². The first-order valence-corrected chi connectivity index (χ1v) is 9.93. The Balaban J connectivity index is 0.000000994. The quantitative estimate of drug-likeness (QED) is 0.529. The van der Waals surface area contributed by atoms with E-state index in [4.69, 9.17) is 4.52 Å². The number of hydrogen-bond acceptors (Lipinski definition) is 6. The SMILES string of the molecule is CC.Cn1cnc2ncn(Cc3nc(C4CC(c5ccccc5)C4)no3)c(=O)c21. The number of fused-ring (bicyclic) bond motifs is 1. The Morgan fingerprint density at radius 3 is 2.55 bits per heavy atom. The van der Waals surface area contributed by atoms with Gasteiger partial charge in [-0.2, -0.15) is 4.98 Å². The summed E-state index contributed by atoms with van der Waals surface area (Å²) in [6.45, 7) is 4.20. The summed E-state index contributed by atoms with van der Waals surface area (Å²) in [7, 11) is 1.77. The van der Waals surface area contributed by atoms with Crippen LogP contribution in [-0.4, -0.2) is 29.2 Å². The van der Waals surface area contributed by atoms with Crippen molar-refractivity contribution in [3.8, 4) is 0 Å². The van der Waals surface area contributed by atoms with E-state index in [0.717, 1.165) is 18.7 Å². The van der Waals surface area contributed by atoms with Gasteiger partial charge in [0, 0.05) is 13.0 Å². The Hall–Kier alpha value is -3.29. The third-order valence-electron chi connectivity index (χ3n) is 5.26. The van der Waals surface area contributed by atoms with Crippen LogP contribution in [-0.2, 0) is 13.6 Å². The molecule has 5 rings (SSSR count). The van der Waals surface area contributed by atoms with Gasteiger partial charge in [-0.1, -0.05) is 49.3 Å². The molecule has 0 N–H and O–H groups in total. The van der Waals surface area contributed by atoms with Crippen LogP contribution in [0.2, 0.25) is 0 Å². The molecule has 0 radical (unpaired) electrons. The van der Waals surface area contributed by atoms with E-state index in [9.17, 15) is 4.79 Å². The van der Waals surface area contributed by atoms with Crippen LogP contribution in [0.25, 0.3) is 11.2 Å². The maximum Gasteiger partial charge on any atom is 0.280 e. The third-order valence-corrected chi connectivity index (χ3v) is 5.26. The molecule has 1 saturated carbocycles. The van der Waals surface area contributed by atoms with Crippen LogP contribution in [0.15, 0.2) is 52.3 Å². The number of aryl methyl sites for hydroxylation is 1. The van der Waals surface area contributed by atoms with E-state index >= 15 is 0 Å². The number of imidazole rings is 1. The molecule has 150 valence electrons. The van der Waals surface area contributed by atoms with E-state index < -0.39 is 0 Å². The standard InChI is InChI=1S/C19H18N6O2.C2H6/c1-24-10-20-18-16(24)19(26)25(11-21-18)9-15-22-17(23-27-15)14-7-13(8-14)12-5-3-2-4-6-12;1-2/h2-6,10-11,13-14H,7-9H2,1H3;1-2H3. The van der Waals surface area contributed by atoms with Crippen molar-refractivity contribution < 1.29 is 4.52 Å². The molecule has 0 atom stereocenters. The zero-order valence-electron chi connectivity index (χ0n) is 16.8. The molecular formula is C21H24N6O2. The molecular weight excluding hydrogens is 368 g/mol. The van der Waals surface area contributed by atoms with Gasteiger partial charge in [-0.05, 0) is 24.3 Å². The number of hydrogen-bond donors (Lipinski definition) is 0. The van der Waals surface area contributed by atoms with Gasteiger partial charge in [-0.25, -0.2) is 9.97 Å². The lowest BCUT2D eigenvalue weighted by Gasteiger charge is -2.33. The monoisotopic (exact) mass is 392 g/mol. The van der Waals surface area contributed by atoms with Crippen molar-refractivity contribution in [3.63, 3.8) is 0 Å². The van der Waals surface area contributed by atoms with E-state index in [-0.39, 0.29) is 12.1 Å². The van der Waals surface area contributed by atoms with E-state index in [1.54, 1.807) is 17.9 Å². The summed E-state index contributed by atoms with van der Waals surface area (Å²) in [6, 6.07) is 10.5. The highest BCUT2D eigenvalue weighted by Gasteiger charge is 2.34. The molecule has 1 fully saturated rings. The van der Waals surface area contributed by atoms with Crippen molar-refractivity contribution >= 4 is 11.2 Å². The molecule has 8 heteroatoms. The lowest BCUT2D eigenvalue weighted by Crippen LogP contribution is -2.23. The highest BCUT2D eigenvalue weighted by Crippen LogP contribution is 2.46. The number of aromatic nitrogens is 6. The summed E-state index contributed by atoms with van der Waals surface area (Å²) >= 11 is 0. The first kappa shape index (κ1) is 19.0. The Kier molecular flexibility index (Phi) is 5.24. The molecule has 3 aromatic heterocycles. The zero-order valence-corrected chi connectivity index (χ0v) is 16.8. The molecule has 8 nitrogen and oxygen atoms in total. The van der Waals surface area contributed by atoms with E-state index in [0.29, 0.717) is 28.9 Å². The zero-order chi connectivity index (χ0) is 20.4. The maximum atomic E-state index is 12.6. The Labute approximate surface area is 168 Å². The summed E-state index contributed by atoms with van der Waals surface area (Å²) < 4.78 is 8.51. The molecule has 0 amide bonds. The second-order valence-electron chi connectivity index (χ2n) is 7.03. The maximum absolute atomic E-state index is 12.6. The number of benzene rings is 1. The van der Waals surface area contributed by atoms with Crippen molar-refractivity contribution in [1.29, 1.82) is 0 Å². The molecule has 0 aliphatic heterocycles. The minimum Gasteiger partial charge on any atom is -0.337 e. The summed E-state index contributed by atoms with van der Waals surface area (Å²) in [4.78, 5) is 25.4. The number of nitrogens with zero attached hydrogens (tertiary/aromatic N) is 6. The van der Waals surface area contributed by atoms with Crippen molar-refractivity contribution in [2.45, 2.75) is 45.1 Å². The smallest absolute Gasteiger partial charge is 0.280 e. The normalized spacial score (nSPS) is 18.2. The highest BCUT2D eigenvalue weighted by atomic mass is 16.5. The van der Waals surface area contributed by atoms with Crippen LogP contribution >= 0.6 is 0 Å². The minimum atomic E-state index is -0.174. The first-order valence-electron chi connectivity index (χ1n) is 9.93. The van der Waals surface area contributed by atoms with Crippen molar-refractivity contribution in [2.24, 2.45) is 7.05 Å². The lowest BCUT2D eigenvalue weighted by atomic mass is 9.71. The van der Waals surface area contributed by atoms with Crippen molar-refractivity contribution in [1.82, 2.24) is 29.2 Å². The van der Waals surface area contributed by atoms with Gasteiger partial charge in [-0.15, -0.1) is 0 Å². The lowest BCUT2D eigenvalue weighted by molar-refractivity contribution is 0.315. The van der Waals surface area contributed by atoms with Gasteiger partial charge in [0.2, 0.25) is 5.89 Å². The predicted octanol–water partition coefficient (Wildman–Crippen LogP) is 3.25. The van der Waals surface area contributed by atoms with Gasteiger partial charge in [0.25, 0.3) is 5.56 Å². The van der Waals surface area contributed by atoms with E-state index in [2.05, 4.69) is 44.4 Å². The number of rotatable bonds is 4. The van der Waals surface area contributed by atoms with Crippen LogP contribution in [0.1, 0.15) is 55.8 Å². The second kappa shape index (κ2) is 7.98. The molecule has 0 saturated heterocycles. The van der Waals surface area contributed by atoms with Crippen LogP contribution in [0.3, 0.4) is 0 Å². The minimum absolute atomic E-state index is 0.174. The second-order valence-corrected chi connectivity index (χ2v) is 7.03. The molecule has 3 heterocycles. The predicted molar refractivity (Wildman–Crippen MR) is 109 cm³/mol. The molecule has 29 heavy (non-hydrogen) atoms. The van der Waals surface area contributed by atoms with E-state index in [1.807, 2.05) is 19.9 Å². The average Bonchev–Trinajstić information content (AvgIpc) is 3.33. The van der Waals surface area contributed by atoms with Gasteiger partial charge in [0.05, 0.1) is 6.33 Å². The van der Waals surface area contributed by atoms with Crippen LogP contribution in [0.5, 0.6) is 0 Å². The molecule has 1 aromatic carbocycles. The molecule has 0 spiro atoms. The topological polar surface area (TPSA) is 91.6 Å². The Morgan fingerprint density at radius 1 is 1.07 bits per heavy atom. The van der Waals surface area contributed by atoms with Crippen LogP contribution < -0.4 is 5.56 Å². The van der Waals surface area contributed by atoms with Crippen molar-refractivity contribution in [2.75, 3.05) is 0 Å². The third kappa shape index (κ3) is 3.57. The summed E-state index contributed by atoms with van der Waals surface area (Å²) in [5, 5.41) is 4.12. The van der Waals surface area contributed by atoms with Gasteiger partial charge in [0.15, 0.2) is 17.0 Å². The fourth-order valence-electron chi connectivity index (χ4n) is 3.65. The first-order chi connectivity index (χ1) is 14.2. The highest BCUT2D eigenvalue weighted by molar-refractivity contribution is 5.68. The Bertz CT molecular complexity index is 1150. The summed E-state index contributed by atoms with van der Waals surface area (Å²) in [5.74, 6) is 2.00. The fraction of sp³-hybridized carbons (Fsp3) is 0.381. The molecule has 1 aliphatic rings. The summed E-state index contributed by atoms with van der Waals surface area (Å²) in [6.07, 6.45) is 5.08. The van der Waals surface area contributed by atoms with Crippen molar-refractivity contribution in [3.05, 3.63) is 70.6 Å². The van der Waals surface area contributed by atoms with Gasteiger partial charge in [0.1, 0.15) is 12.9 Å². The van der Waals surface area contributed by atoms with Gasteiger partial charge in [-0.3, -0.25) is 9.36 Å². The molecule has 4 aromatic rings. The van der Waals surface area contributed by atoms with Gasteiger partial charge < -0.3 is 9.09 Å². The fourth-order valence-corrected chi connectivity index (χ4v) is 3.65. The molecule has 0 unspecified atom stereocenters. The summed E-state index contributed by atoms with van der Waals surface area (Å²) in [5.41, 5.74) is 2.08. The Morgan fingerprint density at radius 2 is 1.79 bits per heavy atom. The van der Waals surface area contributed by atoms with Crippen LogP contribution in [0.4, 0.5) is 0 Å². The van der Waals surface area contributed by atoms with E-state index in [1.165, 1.54) is 16.5 Å².